The summed E-state index contributed by atoms with van der Waals surface area (Å²) < 4.78 is 77.8. The van der Waals surface area contributed by atoms with Gasteiger partial charge in [-0.25, -0.2) is 0 Å². The minimum Gasteiger partial charge on any atom is -0.494 e. The number of hydrogen-bond acceptors (Lipinski definition) is 30. The van der Waals surface area contributed by atoms with Gasteiger partial charge < -0.3 is 65.5 Å². The number of benzene rings is 4. The van der Waals surface area contributed by atoms with Crippen molar-refractivity contribution in [2.75, 3.05) is 139 Å². The Bertz CT molecular complexity index is 4290. The van der Waals surface area contributed by atoms with Crippen LogP contribution in [0.5, 0.6) is 11.5 Å². The summed E-state index contributed by atoms with van der Waals surface area (Å²) in [4.78, 5) is 88.6. The standard InChI is InChI=1S/C67H82N18O14S4/c1-9-81(10-2)53-37-49(51(39-55(53)98-7)77-79-66-72-59(83-27-15-13-16-28-83)57(100-66)35-47(41(5)88)61(90)68-43-19-23-45(24-20-43)102(92,93)94)70-63-74-64(76-65(75-63)85(31-33-86)32-34-87)71-50-38-54(82(11-3)12-4)56(99-8)40-52(50)78-80-67-73-60(84-29-17-14-18-30-84)58(101-67)36-48(42(6)89)62(91)69-44-21-25-46(26-22-44)103(95,96)97/h19-26,35-40,86-87H,9-18,27-34H2,1-8H3,(H,68,90)(H,69,91)(H,92,93,94)(H,95,96,97)(H2,70,71,74,75,76)/b47-35+,48-36?,79-77+,80-78+. The molecule has 9 rings (SSSR count). The van der Waals surface area contributed by atoms with Crippen molar-refractivity contribution in [3.63, 3.8) is 0 Å². The van der Waals surface area contributed by atoms with Gasteiger partial charge in [0.15, 0.2) is 11.6 Å². The molecule has 0 atom stereocenters. The molecule has 2 amide bonds. The van der Waals surface area contributed by atoms with Crippen LogP contribution in [0.4, 0.5) is 85.2 Å². The Kier molecular flexibility index (Phi) is 26.5. The van der Waals surface area contributed by atoms with Gasteiger partial charge in [-0.2, -0.15) is 41.8 Å². The molecule has 4 aromatic carbocycles. The number of aliphatic hydroxyl groups is 2. The Labute approximate surface area is 604 Å². The number of ketones is 2. The first-order chi connectivity index (χ1) is 49.4. The molecular formula is C67H82N18O14S4. The van der Waals surface area contributed by atoms with E-state index in [0.29, 0.717) is 108 Å². The van der Waals surface area contributed by atoms with Gasteiger partial charge in [-0.15, -0.1) is 20.5 Å². The van der Waals surface area contributed by atoms with Gasteiger partial charge in [-0.1, -0.05) is 22.7 Å². The van der Waals surface area contributed by atoms with Crippen LogP contribution in [0.2, 0.25) is 0 Å². The van der Waals surface area contributed by atoms with Crippen LogP contribution in [0.25, 0.3) is 12.2 Å². The van der Waals surface area contributed by atoms with E-state index >= 15 is 0 Å². The molecule has 2 aliphatic heterocycles. The molecule has 0 saturated carbocycles. The first-order valence-electron chi connectivity index (χ1n) is 33.2. The van der Waals surface area contributed by atoms with Crippen LogP contribution in [0.15, 0.2) is 114 Å². The smallest absolute Gasteiger partial charge is 0.294 e. The van der Waals surface area contributed by atoms with Gasteiger partial charge in [0.2, 0.25) is 28.1 Å². The number of rotatable bonds is 33. The van der Waals surface area contributed by atoms with Crippen molar-refractivity contribution in [2.45, 2.75) is 89.9 Å². The summed E-state index contributed by atoms with van der Waals surface area (Å²) in [5.41, 5.74) is 2.31. The van der Waals surface area contributed by atoms with Gasteiger partial charge in [0.1, 0.15) is 34.5 Å². The zero-order valence-electron chi connectivity index (χ0n) is 58.1. The summed E-state index contributed by atoms with van der Waals surface area (Å²) >= 11 is 2.17. The summed E-state index contributed by atoms with van der Waals surface area (Å²) in [6.07, 6.45) is 8.31. The van der Waals surface area contributed by atoms with Crippen LogP contribution in [0, 0.1) is 0 Å². The second-order valence-corrected chi connectivity index (χ2v) is 28.3. The molecule has 3 aromatic heterocycles. The minimum absolute atomic E-state index is 0.00141. The maximum Gasteiger partial charge on any atom is 0.294 e. The number of ether oxygens (including phenoxy) is 2. The third-order valence-electron chi connectivity index (χ3n) is 16.6. The van der Waals surface area contributed by atoms with Gasteiger partial charge in [-0.3, -0.25) is 28.3 Å². The van der Waals surface area contributed by atoms with E-state index in [-0.39, 0.29) is 98.1 Å². The molecule has 0 bridgehead atoms. The van der Waals surface area contributed by atoms with Crippen molar-refractivity contribution < 1.29 is 64.8 Å². The highest BCUT2D eigenvalue weighted by Crippen LogP contribution is 2.45. The average molecular weight is 1490 g/mol. The number of nitrogens with one attached hydrogen (secondary N) is 4. The van der Waals surface area contributed by atoms with Crippen LogP contribution in [0.1, 0.15) is 89.8 Å². The van der Waals surface area contributed by atoms with Crippen LogP contribution in [-0.4, -0.2) is 177 Å². The SMILES string of the molecule is CCN(CC)c1cc(Nc2nc(Nc3cc(N(CC)CC)c(OC)cc3/N=N/c3nc(N4CCCCC4)c(/C=C(\C(C)=O)C(=O)Nc4ccc(S(=O)(=O)O)cc4)s3)nc(N(CCO)CCO)n2)c(/N=N/c2nc(N3CCCCC3)c(C=C(C(C)=O)C(=O)Nc3ccc(S(=O)(=O)O)cc3)s2)cc1OC. The third kappa shape index (κ3) is 19.8. The van der Waals surface area contributed by atoms with Gasteiger partial charge in [0.05, 0.1) is 80.9 Å². The van der Waals surface area contributed by atoms with Crippen molar-refractivity contribution in [3.8, 4) is 11.5 Å². The molecule has 5 heterocycles. The fourth-order valence-electron chi connectivity index (χ4n) is 11.3. The van der Waals surface area contributed by atoms with Crippen LogP contribution < -0.4 is 55.2 Å². The Morgan fingerprint density at radius 3 is 1.22 bits per heavy atom. The number of thiazole rings is 2. The number of hydrogen-bond donors (Lipinski definition) is 8. The number of anilines is 11. The molecule has 0 unspecified atom stereocenters. The minimum atomic E-state index is -4.51. The van der Waals surface area contributed by atoms with Crippen molar-refractivity contribution in [1.29, 1.82) is 0 Å². The van der Waals surface area contributed by atoms with Gasteiger partial charge in [-0.05, 0) is 153 Å². The highest BCUT2D eigenvalue weighted by atomic mass is 32.2. The lowest BCUT2D eigenvalue weighted by Crippen LogP contribution is -2.31. The zero-order valence-corrected chi connectivity index (χ0v) is 61.3. The number of methoxy groups -OCH3 is 2. The summed E-state index contributed by atoms with van der Waals surface area (Å²) in [6.45, 7) is 14.6. The highest BCUT2D eigenvalue weighted by Gasteiger charge is 2.28. The Morgan fingerprint density at radius 2 is 0.903 bits per heavy atom. The Morgan fingerprint density at radius 1 is 0.534 bits per heavy atom. The lowest BCUT2D eigenvalue weighted by Gasteiger charge is -2.27. The number of nitrogens with zero attached hydrogens (tertiary/aromatic N) is 14. The Hall–Kier alpha value is -9.95. The lowest BCUT2D eigenvalue weighted by atomic mass is 10.1. The van der Waals surface area contributed by atoms with E-state index in [0.717, 1.165) is 85.5 Å². The summed E-state index contributed by atoms with van der Waals surface area (Å²) in [7, 11) is -5.96. The average Bonchev–Trinajstić information content (AvgIpc) is 0.935. The van der Waals surface area contributed by atoms with Gasteiger partial charge >= 0.3 is 0 Å². The first kappa shape index (κ1) is 77.2. The normalized spacial score (nSPS) is 13.9. The number of aliphatic hydroxyl groups excluding tert-OH is 2. The molecule has 2 aliphatic rings. The van der Waals surface area contributed by atoms with Crippen molar-refractivity contribution >= 4 is 164 Å². The maximum absolute atomic E-state index is 13.8. The van der Waals surface area contributed by atoms with Gasteiger partial charge in [0, 0.05) is 89.0 Å². The summed E-state index contributed by atoms with van der Waals surface area (Å²) in [5, 5.41) is 51.9. The fraction of sp³-hybridized carbons (Fsp3) is 0.388. The quantitative estimate of drug-likeness (QED) is 0.00623. The van der Waals surface area contributed by atoms with E-state index in [2.05, 4.69) is 51.1 Å². The molecule has 7 aromatic rings. The number of carbonyl (C=O) groups excluding carboxylic acids is 4. The molecule has 0 aliphatic carbocycles. The number of Topliss-reactive ketones (excluding diaryl/α,β-unsaturated/α-hetero) is 2. The van der Waals surface area contributed by atoms with Crippen LogP contribution >= 0.6 is 22.7 Å². The van der Waals surface area contributed by atoms with Crippen LogP contribution in [0.3, 0.4) is 0 Å². The van der Waals surface area contributed by atoms with Crippen molar-refractivity contribution in [2.24, 2.45) is 20.5 Å². The molecule has 0 spiro atoms. The van der Waals surface area contributed by atoms with Gasteiger partial charge in [0.25, 0.3) is 32.1 Å². The topological polar surface area (TPSA) is 414 Å². The molecule has 0 radical (unpaired) electrons. The summed E-state index contributed by atoms with van der Waals surface area (Å²) in [6, 6.07) is 16.6. The molecule has 2 fully saturated rings. The largest absolute Gasteiger partial charge is 0.494 e. The second-order valence-electron chi connectivity index (χ2n) is 23.4. The molecule has 2 saturated heterocycles. The van der Waals surface area contributed by atoms with E-state index in [1.54, 1.807) is 29.2 Å². The lowest BCUT2D eigenvalue weighted by molar-refractivity contribution is -0.120. The molecule has 36 heteroatoms. The van der Waals surface area contributed by atoms with Crippen LogP contribution in [-0.2, 0) is 39.4 Å². The van der Waals surface area contributed by atoms with E-state index in [1.807, 2.05) is 27.7 Å². The number of aromatic nitrogens is 5. The zero-order chi connectivity index (χ0) is 74.1. The predicted molar refractivity (Wildman–Crippen MR) is 398 cm³/mol. The number of amides is 2. The maximum atomic E-state index is 13.8. The molecule has 32 nitrogen and oxygen atoms in total. The monoisotopic (exact) mass is 1490 g/mol. The Balaban J connectivity index is 1.13. The molecule has 103 heavy (non-hydrogen) atoms. The predicted octanol–water partition coefficient (Wildman–Crippen LogP) is 11.3. The first-order valence-corrected chi connectivity index (χ1v) is 37.7. The molecule has 548 valence electrons. The second kappa shape index (κ2) is 35.3. The highest BCUT2D eigenvalue weighted by molar-refractivity contribution is 7.86. The number of azo groups is 2. The van der Waals surface area contributed by atoms with E-state index < -0.39 is 43.6 Å². The third-order valence-corrected chi connectivity index (χ3v) is 20.1. The number of piperidine rings is 2. The van der Waals surface area contributed by atoms with E-state index in [1.165, 1.54) is 64.5 Å². The van der Waals surface area contributed by atoms with E-state index in [4.69, 9.17) is 44.6 Å². The van der Waals surface area contributed by atoms with Crippen molar-refractivity contribution in [1.82, 2.24) is 24.9 Å². The molecule has 8 N–H and O–H groups in total. The molecular weight excluding hydrogens is 1410 g/mol. The number of carbonyl (C=O) groups is 4. The summed E-state index contributed by atoms with van der Waals surface area (Å²) in [5.74, 6) is -0.909. The van der Waals surface area contributed by atoms with Crippen molar-refractivity contribution in [3.05, 3.63) is 93.7 Å². The van der Waals surface area contributed by atoms with E-state index in [9.17, 15) is 55.3 Å². The fourth-order valence-corrected chi connectivity index (χ4v) is 14.0.